The first kappa shape index (κ1) is 26.3. The Bertz CT molecular complexity index is 802. The first-order chi connectivity index (χ1) is 15.9. The van der Waals surface area contributed by atoms with E-state index >= 15 is 0 Å². The topological polar surface area (TPSA) is 132 Å². The second-order valence-electron chi connectivity index (χ2n) is 7.33. The van der Waals surface area contributed by atoms with Crippen LogP contribution in [-0.2, 0) is 28.5 Å². The molecule has 11 heteroatoms. The number of carbonyl (C=O) groups excluding carboxylic acids is 3. The predicted molar refractivity (Wildman–Crippen MR) is 115 cm³/mol. The Morgan fingerprint density at radius 3 is 2.70 bits per heavy atom. The van der Waals surface area contributed by atoms with Crippen LogP contribution in [0.1, 0.15) is 50.0 Å². The molecule has 3 atom stereocenters. The van der Waals surface area contributed by atoms with Gasteiger partial charge in [0.25, 0.3) is 5.91 Å². The van der Waals surface area contributed by atoms with Crippen LogP contribution >= 0.6 is 0 Å². The normalized spacial score (nSPS) is 21.1. The fraction of sp³-hybridized carbons (Fsp3) is 0.636. The summed E-state index contributed by atoms with van der Waals surface area (Å²) in [5.41, 5.74) is -0.120. The van der Waals surface area contributed by atoms with Gasteiger partial charge < -0.3 is 33.7 Å². The Kier molecular flexibility index (Phi) is 10.8. The molecule has 2 unspecified atom stereocenters. The van der Waals surface area contributed by atoms with Gasteiger partial charge in [0.05, 0.1) is 13.2 Å². The van der Waals surface area contributed by atoms with Crippen molar-refractivity contribution in [2.45, 2.75) is 57.8 Å². The minimum absolute atomic E-state index is 0.0223. The number of hydrogen-bond acceptors (Lipinski definition) is 10. The predicted octanol–water partition coefficient (Wildman–Crippen LogP) is 1.63. The van der Waals surface area contributed by atoms with Gasteiger partial charge >= 0.3 is 11.9 Å². The minimum Gasteiger partial charge on any atom is -0.493 e. The number of amides is 1. The third-order valence-electron chi connectivity index (χ3n) is 5.10. The van der Waals surface area contributed by atoms with Crippen molar-refractivity contribution in [3.8, 4) is 11.5 Å². The van der Waals surface area contributed by atoms with Crippen molar-refractivity contribution in [3.05, 3.63) is 18.0 Å². The van der Waals surface area contributed by atoms with Crippen LogP contribution in [0.5, 0.6) is 11.5 Å². The van der Waals surface area contributed by atoms with E-state index in [1.54, 1.807) is 21.0 Å². The first-order valence-corrected chi connectivity index (χ1v) is 10.8. The number of nitrogens with one attached hydrogen (secondary N) is 1. The third kappa shape index (κ3) is 7.86. The highest BCUT2D eigenvalue weighted by molar-refractivity contribution is 5.98. The summed E-state index contributed by atoms with van der Waals surface area (Å²) in [6.45, 7) is 3.18. The van der Waals surface area contributed by atoms with Gasteiger partial charge in [-0.3, -0.25) is 4.79 Å². The molecule has 1 aromatic rings. The van der Waals surface area contributed by atoms with Gasteiger partial charge in [-0.25, -0.2) is 14.6 Å². The summed E-state index contributed by atoms with van der Waals surface area (Å²) in [6, 6.07) is 0.634. The number of aromatic nitrogens is 1. The molecule has 1 saturated heterocycles. The zero-order valence-corrected chi connectivity index (χ0v) is 19.5. The molecule has 33 heavy (non-hydrogen) atoms. The standard InChI is InChI=1S/C22H32N2O9/c1-5-30-12-18(25)31-13-32-20-17(29-4)10-11-23-19(20)21(26)24-15-8-6-7-9-16(28-3)14(2)33-22(15)27/h10-11,14-16H,5-9,12-13H2,1-4H3,(H,24,26)/t14?,15-,16?/m0/s1. The molecule has 0 aromatic carbocycles. The highest BCUT2D eigenvalue weighted by atomic mass is 16.7. The largest absolute Gasteiger partial charge is 0.493 e. The lowest BCUT2D eigenvalue weighted by Gasteiger charge is -2.23. The molecule has 1 aliphatic heterocycles. The van der Waals surface area contributed by atoms with E-state index in [0.717, 1.165) is 12.8 Å². The van der Waals surface area contributed by atoms with E-state index in [1.807, 2.05) is 0 Å². The van der Waals surface area contributed by atoms with Crippen molar-refractivity contribution in [1.29, 1.82) is 0 Å². The van der Waals surface area contributed by atoms with Crippen molar-refractivity contribution < 1.29 is 42.8 Å². The fourth-order valence-electron chi connectivity index (χ4n) is 3.33. The van der Waals surface area contributed by atoms with Crippen molar-refractivity contribution in [1.82, 2.24) is 10.3 Å². The molecule has 11 nitrogen and oxygen atoms in total. The lowest BCUT2D eigenvalue weighted by molar-refractivity contribution is -0.157. The number of cyclic esters (lactones) is 1. The highest BCUT2D eigenvalue weighted by Gasteiger charge is 2.30. The first-order valence-electron chi connectivity index (χ1n) is 10.8. The molecule has 1 amide bonds. The maximum Gasteiger partial charge on any atom is 0.334 e. The van der Waals surface area contributed by atoms with E-state index in [4.69, 9.17) is 28.4 Å². The fourth-order valence-corrected chi connectivity index (χ4v) is 3.33. The quantitative estimate of drug-likeness (QED) is 0.399. The van der Waals surface area contributed by atoms with Gasteiger partial charge in [0, 0.05) is 26.0 Å². The molecule has 0 spiro atoms. The molecule has 0 aliphatic carbocycles. The summed E-state index contributed by atoms with van der Waals surface area (Å²) in [6.07, 6.45) is 3.41. The maximum atomic E-state index is 13.0. The van der Waals surface area contributed by atoms with Crippen LogP contribution in [0, 0.1) is 0 Å². The van der Waals surface area contributed by atoms with E-state index in [1.165, 1.54) is 19.4 Å². The minimum atomic E-state index is -0.861. The molecule has 184 valence electrons. The van der Waals surface area contributed by atoms with Gasteiger partial charge in [0.2, 0.25) is 6.79 Å². The van der Waals surface area contributed by atoms with Crippen molar-refractivity contribution >= 4 is 17.8 Å². The van der Waals surface area contributed by atoms with Crippen LogP contribution in [0.15, 0.2) is 12.3 Å². The maximum absolute atomic E-state index is 13.0. The van der Waals surface area contributed by atoms with Gasteiger partial charge in [0.1, 0.15) is 18.8 Å². The molecule has 1 aliphatic rings. The number of ether oxygens (including phenoxy) is 6. The van der Waals surface area contributed by atoms with Gasteiger partial charge in [-0.2, -0.15) is 0 Å². The summed E-state index contributed by atoms with van der Waals surface area (Å²) < 4.78 is 31.5. The van der Waals surface area contributed by atoms with Crippen molar-refractivity contribution in [2.75, 3.05) is 34.2 Å². The molecule has 0 radical (unpaired) electrons. The molecule has 0 bridgehead atoms. The van der Waals surface area contributed by atoms with Crippen LogP contribution < -0.4 is 14.8 Å². The molecule has 2 heterocycles. The molecule has 0 saturated carbocycles. The van der Waals surface area contributed by atoms with Crippen molar-refractivity contribution in [2.24, 2.45) is 0 Å². The number of methoxy groups -OCH3 is 2. The number of esters is 2. The number of rotatable bonds is 10. The zero-order valence-electron chi connectivity index (χ0n) is 19.5. The third-order valence-corrected chi connectivity index (χ3v) is 5.10. The van der Waals surface area contributed by atoms with Gasteiger partial charge in [-0.15, -0.1) is 0 Å². The summed E-state index contributed by atoms with van der Waals surface area (Å²) >= 11 is 0. The molecule has 1 N–H and O–H groups in total. The van der Waals surface area contributed by atoms with E-state index < -0.39 is 36.8 Å². The molecular formula is C22H32N2O9. The Balaban J connectivity index is 2.11. The SMILES string of the molecule is CCOCC(=O)OCOc1c(OC)ccnc1C(=O)N[C@H]1CCCCC(OC)C(C)OC1=O. The summed E-state index contributed by atoms with van der Waals surface area (Å²) in [5, 5.41) is 2.67. The lowest BCUT2D eigenvalue weighted by Crippen LogP contribution is -2.44. The summed E-state index contributed by atoms with van der Waals surface area (Å²) in [7, 11) is 2.98. The Labute approximate surface area is 193 Å². The van der Waals surface area contributed by atoms with Crippen LogP contribution in [0.25, 0.3) is 0 Å². The Morgan fingerprint density at radius 2 is 2.00 bits per heavy atom. The monoisotopic (exact) mass is 468 g/mol. The van der Waals surface area contributed by atoms with E-state index in [-0.39, 0.29) is 29.9 Å². The van der Waals surface area contributed by atoms with Gasteiger partial charge in [-0.05, 0) is 26.7 Å². The van der Waals surface area contributed by atoms with Gasteiger partial charge in [-0.1, -0.05) is 12.8 Å². The van der Waals surface area contributed by atoms with E-state index in [2.05, 4.69) is 10.3 Å². The number of hydrogen-bond donors (Lipinski definition) is 1. The van der Waals surface area contributed by atoms with Gasteiger partial charge in [0.15, 0.2) is 17.2 Å². The van der Waals surface area contributed by atoms with Crippen LogP contribution in [0.3, 0.4) is 0 Å². The summed E-state index contributed by atoms with van der Waals surface area (Å²) in [4.78, 5) is 41.3. The number of pyridine rings is 1. The Morgan fingerprint density at radius 1 is 1.24 bits per heavy atom. The average molecular weight is 469 g/mol. The van der Waals surface area contributed by atoms with Crippen LogP contribution in [-0.4, -0.2) is 75.3 Å². The lowest BCUT2D eigenvalue weighted by atomic mass is 10.1. The highest BCUT2D eigenvalue weighted by Crippen LogP contribution is 2.30. The summed E-state index contributed by atoms with van der Waals surface area (Å²) in [5.74, 6) is -1.63. The average Bonchev–Trinajstić information content (AvgIpc) is 2.87. The number of carbonyl (C=O) groups is 3. The Hall–Kier alpha value is -2.92. The molecule has 1 aromatic heterocycles. The van der Waals surface area contributed by atoms with Crippen molar-refractivity contribution in [3.63, 3.8) is 0 Å². The van der Waals surface area contributed by atoms with Crippen LogP contribution in [0.2, 0.25) is 0 Å². The molecule has 1 fully saturated rings. The van der Waals surface area contributed by atoms with E-state index in [0.29, 0.717) is 19.4 Å². The molecule has 2 rings (SSSR count). The number of nitrogens with zero attached hydrogens (tertiary/aromatic N) is 1. The second-order valence-corrected chi connectivity index (χ2v) is 7.33. The second kappa shape index (κ2) is 13.6. The van der Waals surface area contributed by atoms with E-state index in [9.17, 15) is 14.4 Å². The zero-order chi connectivity index (χ0) is 24.2. The smallest absolute Gasteiger partial charge is 0.334 e. The molecular weight excluding hydrogens is 436 g/mol. The van der Waals surface area contributed by atoms with Crippen LogP contribution in [0.4, 0.5) is 0 Å².